The number of aliphatic imine (C=N–C) groups is 1. The van der Waals surface area contributed by atoms with E-state index in [1.54, 1.807) is 0 Å². The van der Waals surface area contributed by atoms with Crippen molar-refractivity contribution in [3.63, 3.8) is 0 Å². The molecule has 0 heterocycles. The van der Waals surface area contributed by atoms with Gasteiger partial charge in [-0.05, 0) is 56.1 Å². The van der Waals surface area contributed by atoms with Crippen LogP contribution in [0.1, 0.15) is 49.7 Å². The van der Waals surface area contributed by atoms with Crippen molar-refractivity contribution in [2.75, 3.05) is 0 Å². The number of nitrogens with zero attached hydrogens (tertiary/aromatic N) is 1. The molecule has 1 N–H and O–H groups in total. The van der Waals surface area contributed by atoms with E-state index < -0.39 is 20.8 Å². The van der Waals surface area contributed by atoms with Gasteiger partial charge in [0, 0.05) is 11.8 Å². The van der Waals surface area contributed by atoms with Crippen LogP contribution < -0.4 is 0 Å². The van der Waals surface area contributed by atoms with Gasteiger partial charge in [-0.1, -0.05) is 18.6 Å². The van der Waals surface area contributed by atoms with E-state index in [-0.39, 0.29) is 0 Å². The number of benzene rings is 1. The molecule has 0 bridgehead atoms. The van der Waals surface area contributed by atoms with Crippen molar-refractivity contribution in [2.24, 2.45) is 10.4 Å². The van der Waals surface area contributed by atoms with Crippen LogP contribution in [0.3, 0.4) is 0 Å². The predicted octanol–water partition coefficient (Wildman–Crippen LogP) is 5.22. The zero-order chi connectivity index (χ0) is 15.3. The number of halogens is 2. The Balaban J connectivity index is 0.000000497. The quantitative estimate of drug-likeness (QED) is 0.673. The molecular weight excluding hydrogens is 384 g/mol. The number of aryl methyl sites for hydroxylation is 1. The number of rotatable bonds is 2. The van der Waals surface area contributed by atoms with Crippen LogP contribution in [0.4, 0.5) is 0 Å². The fourth-order valence-corrected chi connectivity index (χ4v) is 3.41. The van der Waals surface area contributed by atoms with Crippen molar-refractivity contribution in [3.05, 3.63) is 29.3 Å². The number of hydrogen-bond acceptors (Lipinski definition) is 2. The molecule has 1 aromatic rings. The van der Waals surface area contributed by atoms with Gasteiger partial charge in [-0.15, -0.1) is 0 Å². The average Bonchev–Trinajstić information content (AvgIpc) is 2.86. The molecule has 1 spiro atoms. The van der Waals surface area contributed by atoms with Crippen molar-refractivity contribution >= 4 is 23.2 Å². The van der Waals surface area contributed by atoms with Gasteiger partial charge in [0.25, 0.3) is 0 Å². The molecule has 1 atom stereocenters. The Morgan fingerprint density at radius 1 is 1.33 bits per heavy atom. The maximum absolute atomic E-state index is 9.94. The molecule has 1 aromatic carbocycles. The van der Waals surface area contributed by atoms with Crippen molar-refractivity contribution in [2.45, 2.75) is 51.5 Å². The van der Waals surface area contributed by atoms with Gasteiger partial charge in [-0.3, -0.25) is 4.99 Å². The van der Waals surface area contributed by atoms with Crippen molar-refractivity contribution < 1.29 is 26.0 Å². The third kappa shape index (κ3) is 4.56. The molecule has 2 aliphatic rings. The molecule has 1 unspecified atom stereocenters. The molecule has 0 aliphatic heterocycles. The fourth-order valence-electron chi connectivity index (χ4n) is 3.41. The fraction of sp³-hybridized carbons (Fsp3) is 0.562. The van der Waals surface area contributed by atoms with Crippen molar-refractivity contribution in [1.29, 1.82) is 0 Å². The number of hydrogen-bond donors (Lipinski definition) is 1. The SMILES string of the molecule is Cc1cccc(C=NC2CCC3(CCC3)C2)c1O.[Cl][Zr][Cl]. The summed E-state index contributed by atoms with van der Waals surface area (Å²) >= 11 is -0.826. The number of para-hydroxylation sites is 1. The summed E-state index contributed by atoms with van der Waals surface area (Å²) in [4.78, 5) is 4.69. The molecule has 5 heteroatoms. The molecule has 0 radical (unpaired) electrons. The Morgan fingerprint density at radius 3 is 2.62 bits per heavy atom. The second-order valence-corrected chi connectivity index (χ2v) is 9.84. The number of phenolic OH excluding ortho intramolecular Hbond substituents is 1. The molecule has 2 fully saturated rings. The first-order valence-corrected chi connectivity index (χ1v) is 13.7. The first-order valence-electron chi connectivity index (χ1n) is 7.38. The van der Waals surface area contributed by atoms with Gasteiger partial charge < -0.3 is 5.11 Å². The van der Waals surface area contributed by atoms with Gasteiger partial charge in [0.15, 0.2) is 0 Å². The molecule has 21 heavy (non-hydrogen) atoms. The Morgan fingerprint density at radius 2 is 2.05 bits per heavy atom. The summed E-state index contributed by atoms with van der Waals surface area (Å²) in [5.74, 6) is 0.373. The van der Waals surface area contributed by atoms with Gasteiger partial charge in [-0.2, -0.15) is 0 Å². The zero-order valence-corrected chi connectivity index (χ0v) is 16.2. The molecule has 2 saturated carbocycles. The Labute approximate surface area is 145 Å². The van der Waals surface area contributed by atoms with Crippen LogP contribution in [0, 0.1) is 12.3 Å². The third-order valence-corrected chi connectivity index (χ3v) is 4.78. The monoisotopic (exact) mass is 403 g/mol. The van der Waals surface area contributed by atoms with E-state index in [4.69, 9.17) is 17.0 Å². The Kier molecular flexibility index (Phi) is 6.78. The molecule has 0 amide bonds. The van der Waals surface area contributed by atoms with Crippen LogP contribution >= 0.6 is 17.0 Å². The van der Waals surface area contributed by atoms with Crippen LogP contribution in [0.15, 0.2) is 23.2 Å². The van der Waals surface area contributed by atoms with Gasteiger partial charge in [0.1, 0.15) is 5.75 Å². The molecular formula is C16H21Cl2NOZr. The summed E-state index contributed by atoms with van der Waals surface area (Å²) in [6.07, 6.45) is 9.94. The van der Waals surface area contributed by atoms with Crippen molar-refractivity contribution in [1.82, 2.24) is 0 Å². The van der Waals surface area contributed by atoms with E-state index in [0.29, 0.717) is 17.2 Å². The van der Waals surface area contributed by atoms with Gasteiger partial charge in [0.2, 0.25) is 0 Å². The van der Waals surface area contributed by atoms with E-state index >= 15 is 0 Å². The first-order chi connectivity index (χ1) is 10.1. The first kappa shape index (κ1) is 17.5. The summed E-state index contributed by atoms with van der Waals surface area (Å²) < 4.78 is 0. The van der Waals surface area contributed by atoms with E-state index in [1.165, 1.54) is 38.5 Å². The second-order valence-electron chi connectivity index (χ2n) is 6.11. The van der Waals surface area contributed by atoms with Crippen LogP contribution in [0.5, 0.6) is 5.75 Å². The van der Waals surface area contributed by atoms with E-state index in [0.717, 1.165) is 11.1 Å². The van der Waals surface area contributed by atoms with Crippen LogP contribution in [0.25, 0.3) is 0 Å². The summed E-state index contributed by atoms with van der Waals surface area (Å²) in [7, 11) is 9.87. The van der Waals surface area contributed by atoms with Crippen molar-refractivity contribution in [3.8, 4) is 5.75 Å². The molecule has 3 rings (SSSR count). The minimum atomic E-state index is -0.826. The van der Waals surface area contributed by atoms with E-state index in [2.05, 4.69) is 4.99 Å². The second kappa shape index (κ2) is 8.13. The summed E-state index contributed by atoms with van der Waals surface area (Å²) in [6, 6.07) is 6.30. The Bertz CT molecular complexity index is 503. The normalized spacial score (nSPS) is 22.7. The van der Waals surface area contributed by atoms with Crippen LogP contribution in [-0.4, -0.2) is 17.4 Å². The summed E-state index contributed by atoms with van der Waals surface area (Å²) in [5, 5.41) is 9.94. The van der Waals surface area contributed by atoms with E-state index in [9.17, 15) is 5.11 Å². The van der Waals surface area contributed by atoms with Gasteiger partial charge in [-0.25, -0.2) is 0 Å². The number of aromatic hydroxyl groups is 1. The zero-order valence-electron chi connectivity index (χ0n) is 12.3. The minimum absolute atomic E-state index is 0.373. The maximum atomic E-state index is 9.94. The Hall–Kier alpha value is 0.153. The summed E-state index contributed by atoms with van der Waals surface area (Å²) in [5.41, 5.74) is 2.42. The standard InChI is InChI=1S/C16H21NO.2ClH.Zr/c1-12-4-2-5-13(15(12)18)11-17-14-6-9-16(10-14)7-3-8-16;;;/h2,4-5,11,14,18H,3,6-10H2,1H3;2*1H;/q;;;+2/p-2. The topological polar surface area (TPSA) is 32.6 Å². The molecule has 2 nitrogen and oxygen atoms in total. The third-order valence-electron chi connectivity index (χ3n) is 4.78. The average molecular weight is 405 g/mol. The molecule has 2 aliphatic carbocycles. The molecule has 114 valence electrons. The van der Waals surface area contributed by atoms with Crippen LogP contribution in [-0.2, 0) is 20.8 Å². The molecule has 0 saturated heterocycles. The van der Waals surface area contributed by atoms with Crippen LogP contribution in [0.2, 0.25) is 0 Å². The van der Waals surface area contributed by atoms with E-state index in [1.807, 2.05) is 31.3 Å². The summed E-state index contributed by atoms with van der Waals surface area (Å²) in [6.45, 7) is 1.92. The number of phenols is 1. The molecule has 0 aromatic heterocycles. The van der Waals surface area contributed by atoms with Gasteiger partial charge >= 0.3 is 37.9 Å². The predicted molar refractivity (Wildman–Crippen MR) is 86.1 cm³/mol. The van der Waals surface area contributed by atoms with Gasteiger partial charge in [0.05, 0.1) is 6.04 Å².